The molecule has 12 heavy (non-hydrogen) atoms. The van der Waals surface area contributed by atoms with E-state index in [1.807, 2.05) is 0 Å². The van der Waals surface area contributed by atoms with Gasteiger partial charge in [-0.1, -0.05) is 19.1 Å². The van der Waals surface area contributed by atoms with Crippen molar-refractivity contribution in [2.24, 2.45) is 0 Å². The highest BCUT2D eigenvalue weighted by molar-refractivity contribution is 6.00. The summed E-state index contributed by atoms with van der Waals surface area (Å²) in [7, 11) is 3.08. The van der Waals surface area contributed by atoms with Gasteiger partial charge in [0.1, 0.15) is 5.75 Å². The first-order valence-electron chi connectivity index (χ1n) is 4.13. The summed E-state index contributed by atoms with van der Waals surface area (Å²) in [6.45, 7) is 6.28. The summed E-state index contributed by atoms with van der Waals surface area (Å²) < 4.78 is 5.15. The van der Waals surface area contributed by atoms with Crippen molar-refractivity contribution in [3.8, 4) is 5.75 Å². The molecule has 1 aromatic carbocycles. The number of hydrogen-bond donors (Lipinski definition) is 0. The van der Waals surface area contributed by atoms with E-state index in [-0.39, 0.29) is 0 Å². The van der Waals surface area contributed by atoms with Crippen LogP contribution >= 0.6 is 0 Å². The molecular formula is C10H13OSi. The maximum atomic E-state index is 5.15. The summed E-state index contributed by atoms with van der Waals surface area (Å²) in [5.41, 5.74) is 3.72. The topological polar surface area (TPSA) is 9.23 Å². The van der Waals surface area contributed by atoms with Gasteiger partial charge in [0.15, 0.2) is 0 Å². The summed E-state index contributed by atoms with van der Waals surface area (Å²) in [6, 6.07) is 4.24. The molecule has 0 bridgehead atoms. The summed E-state index contributed by atoms with van der Waals surface area (Å²) in [6.07, 6.45) is 1.00. The van der Waals surface area contributed by atoms with Crippen molar-refractivity contribution < 1.29 is 4.43 Å². The number of aryl methyl sites for hydroxylation is 2. The normalized spacial score (nSPS) is 10.0. The van der Waals surface area contributed by atoms with E-state index in [2.05, 4.69) is 43.4 Å². The second kappa shape index (κ2) is 3.76. The molecule has 3 radical (unpaired) electrons. The standard InChI is InChI=1S/C10H13OSi/c1-4-9-6-5-7(2)8(3)10(9)11-12/h5-6H,4H2,1-3H3. The molecule has 0 spiro atoms. The molecule has 0 aliphatic heterocycles. The van der Waals surface area contributed by atoms with Crippen molar-refractivity contribution in [2.75, 3.05) is 0 Å². The third-order valence-electron chi connectivity index (χ3n) is 2.24. The van der Waals surface area contributed by atoms with Crippen LogP contribution in [0.3, 0.4) is 0 Å². The van der Waals surface area contributed by atoms with Gasteiger partial charge in [0, 0.05) is 0 Å². The molecule has 1 aromatic rings. The fraction of sp³-hybridized carbons (Fsp3) is 0.400. The molecule has 0 aliphatic carbocycles. The van der Waals surface area contributed by atoms with Gasteiger partial charge in [-0.25, -0.2) is 0 Å². The van der Waals surface area contributed by atoms with Crippen molar-refractivity contribution in [1.82, 2.24) is 0 Å². The predicted molar refractivity (Wildman–Crippen MR) is 51.7 cm³/mol. The van der Waals surface area contributed by atoms with E-state index in [4.69, 9.17) is 4.43 Å². The Morgan fingerprint density at radius 2 is 2.00 bits per heavy atom. The molecule has 0 amide bonds. The van der Waals surface area contributed by atoms with Gasteiger partial charge in [-0.2, -0.15) is 0 Å². The molecule has 0 heterocycles. The molecule has 0 aromatic heterocycles. The fourth-order valence-electron chi connectivity index (χ4n) is 1.27. The molecule has 0 N–H and O–H groups in total. The highest BCUT2D eigenvalue weighted by atomic mass is 28.2. The zero-order valence-electron chi connectivity index (χ0n) is 7.77. The minimum Gasteiger partial charge on any atom is -0.540 e. The smallest absolute Gasteiger partial charge is 0.341 e. The van der Waals surface area contributed by atoms with Crippen molar-refractivity contribution >= 4 is 10.5 Å². The van der Waals surface area contributed by atoms with Crippen LogP contribution in [0.25, 0.3) is 0 Å². The summed E-state index contributed by atoms with van der Waals surface area (Å²) in [4.78, 5) is 0. The van der Waals surface area contributed by atoms with Crippen molar-refractivity contribution in [2.45, 2.75) is 27.2 Å². The van der Waals surface area contributed by atoms with Gasteiger partial charge in [-0.05, 0) is 37.0 Å². The molecular weight excluding hydrogens is 164 g/mol. The molecule has 0 fully saturated rings. The van der Waals surface area contributed by atoms with Crippen LogP contribution < -0.4 is 4.43 Å². The fourth-order valence-corrected chi connectivity index (χ4v) is 1.55. The highest BCUT2D eigenvalue weighted by Gasteiger charge is 2.05. The molecule has 0 atom stereocenters. The second-order valence-corrected chi connectivity index (χ2v) is 3.16. The second-order valence-electron chi connectivity index (χ2n) is 2.95. The zero-order valence-corrected chi connectivity index (χ0v) is 8.77. The first-order valence-corrected chi connectivity index (χ1v) is 4.54. The zero-order chi connectivity index (χ0) is 9.14. The number of benzene rings is 1. The lowest BCUT2D eigenvalue weighted by Crippen LogP contribution is -1.96. The van der Waals surface area contributed by atoms with Gasteiger partial charge >= 0.3 is 10.5 Å². The summed E-state index contributed by atoms with van der Waals surface area (Å²) in [5.74, 6) is 0.967. The van der Waals surface area contributed by atoms with Gasteiger partial charge in [0.25, 0.3) is 0 Å². The lowest BCUT2D eigenvalue weighted by Gasteiger charge is -2.11. The lowest BCUT2D eigenvalue weighted by atomic mass is 10.0. The van der Waals surface area contributed by atoms with Crippen LogP contribution in [-0.4, -0.2) is 10.5 Å². The Balaban J connectivity index is 3.25. The van der Waals surface area contributed by atoms with E-state index < -0.39 is 0 Å². The van der Waals surface area contributed by atoms with Crippen LogP contribution in [-0.2, 0) is 6.42 Å². The molecule has 0 unspecified atom stereocenters. The number of rotatable bonds is 2. The van der Waals surface area contributed by atoms with Crippen LogP contribution in [0, 0.1) is 13.8 Å². The van der Waals surface area contributed by atoms with E-state index in [0.29, 0.717) is 0 Å². The molecule has 1 nitrogen and oxygen atoms in total. The lowest BCUT2D eigenvalue weighted by molar-refractivity contribution is 0.599. The van der Waals surface area contributed by atoms with Gasteiger partial charge in [0.05, 0.1) is 0 Å². The molecule has 1 rings (SSSR count). The van der Waals surface area contributed by atoms with E-state index in [1.54, 1.807) is 0 Å². The van der Waals surface area contributed by atoms with Crippen LogP contribution in [0.4, 0.5) is 0 Å². The van der Waals surface area contributed by atoms with Crippen molar-refractivity contribution in [1.29, 1.82) is 0 Å². The molecule has 0 aliphatic rings. The van der Waals surface area contributed by atoms with Gasteiger partial charge in [-0.15, -0.1) is 0 Å². The Kier molecular flexibility index (Phi) is 2.92. The largest absolute Gasteiger partial charge is 0.540 e. The van der Waals surface area contributed by atoms with E-state index in [0.717, 1.165) is 12.2 Å². The first-order chi connectivity index (χ1) is 5.70. The third-order valence-corrected chi connectivity index (χ3v) is 2.45. The Hall–Kier alpha value is -0.763. The Morgan fingerprint density at radius 1 is 1.33 bits per heavy atom. The Bertz CT molecular complexity index is 281. The summed E-state index contributed by atoms with van der Waals surface area (Å²) in [5, 5.41) is 0. The predicted octanol–water partition coefficient (Wildman–Crippen LogP) is 2.33. The average molecular weight is 177 g/mol. The Labute approximate surface area is 77.3 Å². The van der Waals surface area contributed by atoms with Gasteiger partial charge in [0.2, 0.25) is 0 Å². The van der Waals surface area contributed by atoms with E-state index in [1.165, 1.54) is 16.7 Å². The Morgan fingerprint density at radius 3 is 2.50 bits per heavy atom. The number of hydrogen-bond acceptors (Lipinski definition) is 1. The maximum Gasteiger partial charge on any atom is 0.341 e. The quantitative estimate of drug-likeness (QED) is 0.630. The SMILES string of the molecule is CCc1ccc(C)c(C)c1O[Si]. The molecule has 0 saturated heterocycles. The minimum absolute atomic E-state index is 0.967. The maximum absolute atomic E-state index is 5.15. The molecule has 2 heteroatoms. The average Bonchev–Trinajstić information content (AvgIpc) is 2.09. The highest BCUT2D eigenvalue weighted by Crippen LogP contribution is 2.25. The first kappa shape index (κ1) is 9.33. The third kappa shape index (κ3) is 1.53. The van der Waals surface area contributed by atoms with Crippen molar-refractivity contribution in [3.63, 3.8) is 0 Å². The monoisotopic (exact) mass is 177 g/mol. The van der Waals surface area contributed by atoms with E-state index in [9.17, 15) is 0 Å². The minimum atomic E-state index is 0.967. The van der Waals surface area contributed by atoms with Crippen molar-refractivity contribution in [3.05, 3.63) is 28.8 Å². The molecule has 63 valence electrons. The van der Waals surface area contributed by atoms with Crippen LogP contribution in [0.1, 0.15) is 23.6 Å². The van der Waals surface area contributed by atoms with Crippen LogP contribution in [0.5, 0.6) is 5.75 Å². The van der Waals surface area contributed by atoms with Gasteiger partial charge in [-0.3, -0.25) is 0 Å². The molecule has 0 saturated carbocycles. The summed E-state index contributed by atoms with van der Waals surface area (Å²) >= 11 is 0. The van der Waals surface area contributed by atoms with Crippen LogP contribution in [0.2, 0.25) is 0 Å². The van der Waals surface area contributed by atoms with Crippen LogP contribution in [0.15, 0.2) is 12.1 Å². The van der Waals surface area contributed by atoms with Gasteiger partial charge < -0.3 is 4.43 Å². The van der Waals surface area contributed by atoms with E-state index >= 15 is 0 Å².